The van der Waals surface area contributed by atoms with Crippen LogP contribution in [0.15, 0.2) is 24.4 Å². The molecule has 1 atom stereocenters. The van der Waals surface area contributed by atoms with Crippen LogP contribution in [0.5, 0.6) is 0 Å². The van der Waals surface area contributed by atoms with Crippen molar-refractivity contribution in [2.24, 2.45) is 0 Å². The van der Waals surface area contributed by atoms with E-state index in [9.17, 15) is 14.7 Å². The maximum atomic E-state index is 12.7. The predicted molar refractivity (Wildman–Crippen MR) is 81.8 cm³/mol. The van der Waals surface area contributed by atoms with E-state index in [0.717, 1.165) is 5.56 Å². The quantitative estimate of drug-likeness (QED) is 0.923. The van der Waals surface area contributed by atoms with Gasteiger partial charge < -0.3 is 10.0 Å². The fraction of sp³-hybridized carbons (Fsp3) is 0.267. The number of hydrogen-bond acceptors (Lipinski definition) is 3. The average Bonchev–Trinajstić information content (AvgIpc) is 2.92. The first-order valence-electron chi connectivity index (χ1n) is 6.79. The molecule has 0 unspecified atom stereocenters. The first kappa shape index (κ1) is 14.6. The Kier molecular flexibility index (Phi) is 3.41. The van der Waals surface area contributed by atoms with E-state index in [4.69, 9.17) is 11.6 Å². The Hall–Kier alpha value is -2.34. The van der Waals surface area contributed by atoms with E-state index < -0.39 is 5.97 Å². The molecule has 7 heteroatoms. The van der Waals surface area contributed by atoms with Crippen LogP contribution in [0.3, 0.4) is 0 Å². The molecule has 6 nitrogen and oxygen atoms in total. The van der Waals surface area contributed by atoms with Crippen molar-refractivity contribution in [1.29, 1.82) is 0 Å². The molecule has 0 bridgehead atoms. The Morgan fingerprint density at radius 1 is 1.45 bits per heavy atom. The first-order chi connectivity index (χ1) is 10.4. The lowest BCUT2D eigenvalue weighted by Crippen LogP contribution is -2.43. The number of carbonyl (C=O) groups is 2. The molecule has 0 saturated carbocycles. The Bertz CT molecular complexity index is 784. The van der Waals surface area contributed by atoms with Crippen molar-refractivity contribution in [2.45, 2.75) is 19.9 Å². The topological polar surface area (TPSA) is 75.4 Å². The van der Waals surface area contributed by atoms with Crippen LogP contribution in [0.4, 0.5) is 5.69 Å². The third-order valence-corrected chi connectivity index (χ3v) is 4.22. The number of amides is 1. The summed E-state index contributed by atoms with van der Waals surface area (Å²) in [5.74, 6) is -1.52. The van der Waals surface area contributed by atoms with Crippen molar-refractivity contribution in [1.82, 2.24) is 9.78 Å². The van der Waals surface area contributed by atoms with Gasteiger partial charge in [-0.1, -0.05) is 11.6 Å². The molecule has 2 heterocycles. The highest BCUT2D eigenvalue weighted by atomic mass is 35.5. The van der Waals surface area contributed by atoms with E-state index in [-0.39, 0.29) is 23.2 Å². The van der Waals surface area contributed by atoms with Gasteiger partial charge in [0.15, 0.2) is 0 Å². The Morgan fingerprint density at radius 3 is 2.82 bits per heavy atom. The number of nitrogens with zero attached hydrogens (tertiary/aromatic N) is 3. The molecule has 114 valence electrons. The summed E-state index contributed by atoms with van der Waals surface area (Å²) in [4.78, 5) is 25.6. The zero-order valence-corrected chi connectivity index (χ0v) is 12.8. The number of aromatic nitrogens is 2. The minimum Gasteiger partial charge on any atom is -0.478 e. The summed E-state index contributed by atoms with van der Waals surface area (Å²) in [5.41, 5.74) is 1.59. The molecule has 0 radical (unpaired) electrons. The van der Waals surface area contributed by atoms with E-state index in [2.05, 4.69) is 5.10 Å². The van der Waals surface area contributed by atoms with Gasteiger partial charge >= 0.3 is 5.97 Å². The monoisotopic (exact) mass is 319 g/mol. The molecular weight excluding hydrogens is 306 g/mol. The lowest BCUT2D eigenvalue weighted by molar-refractivity contribution is 0.0690. The molecule has 1 aliphatic rings. The van der Waals surface area contributed by atoms with Gasteiger partial charge in [-0.15, -0.1) is 0 Å². The summed E-state index contributed by atoms with van der Waals surface area (Å²) >= 11 is 6.02. The van der Waals surface area contributed by atoms with E-state index in [1.807, 2.05) is 19.9 Å². The van der Waals surface area contributed by atoms with Gasteiger partial charge in [-0.05, 0) is 37.6 Å². The zero-order valence-electron chi connectivity index (χ0n) is 12.1. The number of aryl methyl sites for hydroxylation is 1. The highest BCUT2D eigenvalue weighted by molar-refractivity contribution is 6.31. The normalized spacial score (nSPS) is 17.5. The van der Waals surface area contributed by atoms with Crippen LogP contribution in [0, 0.1) is 6.92 Å². The van der Waals surface area contributed by atoms with Crippen molar-refractivity contribution in [3.05, 3.63) is 46.2 Å². The van der Waals surface area contributed by atoms with Crippen molar-refractivity contribution in [2.75, 3.05) is 11.4 Å². The number of hydrogen-bond donors (Lipinski definition) is 1. The average molecular weight is 320 g/mol. The number of rotatable bonds is 2. The molecule has 22 heavy (non-hydrogen) atoms. The van der Waals surface area contributed by atoms with E-state index in [1.54, 1.807) is 17.0 Å². The highest BCUT2D eigenvalue weighted by Crippen LogP contribution is 2.29. The molecular formula is C15H14ClN3O3. The van der Waals surface area contributed by atoms with Gasteiger partial charge in [-0.3, -0.25) is 9.48 Å². The molecule has 0 aliphatic carbocycles. The summed E-state index contributed by atoms with van der Waals surface area (Å²) < 4.78 is 1.48. The molecule has 1 N–H and O–H groups in total. The van der Waals surface area contributed by atoms with Gasteiger partial charge in [0.1, 0.15) is 11.3 Å². The van der Waals surface area contributed by atoms with Crippen LogP contribution >= 0.6 is 11.6 Å². The molecule has 0 fully saturated rings. The lowest BCUT2D eigenvalue weighted by Gasteiger charge is -2.32. The minimum atomic E-state index is -1.16. The number of carboxylic acid groups (broad SMARTS) is 1. The van der Waals surface area contributed by atoms with Gasteiger partial charge in [-0.2, -0.15) is 5.10 Å². The van der Waals surface area contributed by atoms with Crippen LogP contribution in [-0.2, 0) is 0 Å². The van der Waals surface area contributed by atoms with Crippen LogP contribution < -0.4 is 4.90 Å². The second-order valence-electron chi connectivity index (χ2n) is 5.35. The van der Waals surface area contributed by atoms with Crippen LogP contribution in [0.1, 0.15) is 39.4 Å². The van der Waals surface area contributed by atoms with Crippen molar-refractivity contribution in [3.63, 3.8) is 0 Å². The number of benzene rings is 1. The smallest absolute Gasteiger partial charge is 0.339 e. The Morgan fingerprint density at radius 2 is 2.18 bits per heavy atom. The van der Waals surface area contributed by atoms with Crippen LogP contribution in [0.2, 0.25) is 5.02 Å². The fourth-order valence-corrected chi connectivity index (χ4v) is 2.76. The highest BCUT2D eigenvalue weighted by Gasteiger charge is 2.35. The van der Waals surface area contributed by atoms with E-state index in [1.165, 1.54) is 10.9 Å². The number of carboxylic acids is 1. The van der Waals surface area contributed by atoms with Crippen molar-refractivity contribution < 1.29 is 14.7 Å². The van der Waals surface area contributed by atoms with Crippen LogP contribution in [-0.4, -0.2) is 33.3 Å². The summed E-state index contributed by atoms with van der Waals surface area (Å²) in [6.07, 6.45) is 1.22. The van der Waals surface area contributed by atoms with Crippen molar-refractivity contribution >= 4 is 29.2 Å². The first-order valence-corrected chi connectivity index (χ1v) is 7.16. The standard InChI is InChI=1S/C15H14ClN3O3/c1-8-5-10(3-4-12(8)16)18-7-9(2)19-13(14(18)20)11(6-17-19)15(21)22/h3-6,9H,7H2,1-2H3,(H,21,22)/t9-/m0/s1. The summed E-state index contributed by atoms with van der Waals surface area (Å²) in [7, 11) is 0. The van der Waals surface area contributed by atoms with Crippen LogP contribution in [0.25, 0.3) is 0 Å². The Balaban J connectivity index is 2.09. The number of halogens is 1. The number of anilines is 1. The molecule has 1 aromatic carbocycles. The third kappa shape index (κ3) is 2.16. The lowest BCUT2D eigenvalue weighted by atomic mass is 10.1. The zero-order chi connectivity index (χ0) is 16.0. The molecule has 3 rings (SSSR count). The van der Waals surface area contributed by atoms with Gasteiger partial charge in [0.2, 0.25) is 0 Å². The molecule has 1 aromatic heterocycles. The molecule has 1 amide bonds. The number of fused-ring (bicyclic) bond motifs is 1. The largest absolute Gasteiger partial charge is 0.478 e. The summed E-state index contributed by atoms with van der Waals surface area (Å²) in [6, 6.07) is 5.19. The van der Waals surface area contributed by atoms with Crippen molar-refractivity contribution in [3.8, 4) is 0 Å². The molecule has 1 aliphatic heterocycles. The van der Waals surface area contributed by atoms with Gasteiger partial charge in [-0.25, -0.2) is 4.79 Å². The second-order valence-corrected chi connectivity index (χ2v) is 5.76. The van der Waals surface area contributed by atoms with E-state index >= 15 is 0 Å². The predicted octanol–water partition coefficient (Wildman–Crippen LogP) is 2.76. The minimum absolute atomic E-state index is 0.0766. The Labute approximate surface area is 131 Å². The van der Waals surface area contributed by atoms with Gasteiger partial charge in [0.25, 0.3) is 5.91 Å². The van der Waals surface area contributed by atoms with E-state index in [0.29, 0.717) is 17.3 Å². The van der Waals surface area contributed by atoms with Gasteiger partial charge in [0.05, 0.1) is 12.2 Å². The molecule has 0 spiro atoms. The SMILES string of the molecule is Cc1cc(N2C[C@H](C)n3ncc(C(=O)O)c3C2=O)ccc1Cl. The third-order valence-electron chi connectivity index (χ3n) is 3.79. The second kappa shape index (κ2) is 5.14. The summed E-state index contributed by atoms with van der Waals surface area (Å²) in [6.45, 7) is 4.18. The molecule has 0 saturated heterocycles. The summed E-state index contributed by atoms with van der Waals surface area (Å²) in [5, 5.41) is 13.9. The maximum absolute atomic E-state index is 12.7. The number of aromatic carboxylic acids is 1. The fourth-order valence-electron chi connectivity index (χ4n) is 2.64. The van der Waals surface area contributed by atoms with Gasteiger partial charge in [0, 0.05) is 17.3 Å². The number of carbonyl (C=O) groups excluding carboxylic acids is 1. The molecule has 2 aromatic rings. The maximum Gasteiger partial charge on any atom is 0.339 e.